The van der Waals surface area contributed by atoms with Crippen molar-refractivity contribution in [3.8, 4) is 0 Å². The van der Waals surface area contributed by atoms with Crippen LogP contribution in [-0.2, 0) is 10.0 Å². The molecule has 1 unspecified atom stereocenters. The molecular formula is C11H16BrFN2O3S. The number of hydrogen-bond acceptors (Lipinski definition) is 4. The van der Waals surface area contributed by atoms with Gasteiger partial charge in [-0.3, -0.25) is 0 Å². The first-order chi connectivity index (χ1) is 8.77. The molecule has 0 aliphatic carbocycles. The second-order valence-corrected chi connectivity index (χ2v) is 6.73. The van der Waals surface area contributed by atoms with Crippen molar-refractivity contribution in [3.63, 3.8) is 0 Å². The van der Waals surface area contributed by atoms with Crippen LogP contribution in [0, 0.1) is 5.82 Å². The van der Waals surface area contributed by atoms with Gasteiger partial charge in [-0.2, -0.15) is 0 Å². The Kier molecular flexibility index (Phi) is 5.72. The van der Waals surface area contributed by atoms with Crippen LogP contribution in [0.3, 0.4) is 0 Å². The molecule has 0 bridgehead atoms. The van der Waals surface area contributed by atoms with Crippen LogP contribution in [-0.4, -0.2) is 26.2 Å². The number of aliphatic hydroxyl groups excluding tert-OH is 1. The second-order valence-electron chi connectivity index (χ2n) is 4.19. The number of halogens is 2. The van der Waals surface area contributed by atoms with E-state index in [4.69, 9.17) is 10.8 Å². The molecule has 1 rings (SSSR count). The molecule has 1 aromatic rings. The van der Waals surface area contributed by atoms with E-state index >= 15 is 0 Å². The van der Waals surface area contributed by atoms with Crippen molar-refractivity contribution in [1.29, 1.82) is 0 Å². The molecule has 4 N–H and O–H groups in total. The molecule has 0 aromatic heterocycles. The highest BCUT2D eigenvalue weighted by molar-refractivity contribution is 9.10. The molecule has 0 radical (unpaired) electrons. The Balaban J connectivity index is 2.98. The SMILES string of the molecule is CC(CCCO)NS(=O)(=O)c1cc(N)c(Br)cc1F. The van der Waals surface area contributed by atoms with Gasteiger partial charge in [0.2, 0.25) is 10.0 Å². The predicted octanol–water partition coefficient (Wildman–Crippen LogP) is 1.61. The molecular weight excluding hydrogens is 339 g/mol. The number of hydrogen-bond donors (Lipinski definition) is 3. The van der Waals surface area contributed by atoms with Crippen LogP contribution < -0.4 is 10.5 Å². The van der Waals surface area contributed by atoms with Crippen molar-refractivity contribution in [1.82, 2.24) is 4.72 Å². The maximum Gasteiger partial charge on any atom is 0.243 e. The Morgan fingerprint density at radius 2 is 2.16 bits per heavy atom. The number of anilines is 1. The fourth-order valence-corrected chi connectivity index (χ4v) is 3.22. The molecule has 0 fully saturated rings. The van der Waals surface area contributed by atoms with Gasteiger partial charge in [0.25, 0.3) is 0 Å². The van der Waals surface area contributed by atoms with E-state index in [1.807, 2.05) is 0 Å². The predicted molar refractivity (Wildman–Crippen MR) is 74.6 cm³/mol. The Morgan fingerprint density at radius 1 is 1.53 bits per heavy atom. The first-order valence-corrected chi connectivity index (χ1v) is 7.93. The van der Waals surface area contributed by atoms with E-state index in [1.54, 1.807) is 6.92 Å². The molecule has 0 heterocycles. The van der Waals surface area contributed by atoms with Gasteiger partial charge < -0.3 is 10.8 Å². The van der Waals surface area contributed by atoms with Gasteiger partial charge in [-0.15, -0.1) is 0 Å². The van der Waals surface area contributed by atoms with E-state index < -0.39 is 26.8 Å². The molecule has 8 heteroatoms. The molecule has 108 valence electrons. The molecule has 0 saturated heterocycles. The molecule has 0 spiro atoms. The standard InChI is InChI=1S/C11H16BrFN2O3S/c1-7(3-2-4-16)15-19(17,18)11-6-10(14)8(12)5-9(11)13/h5-7,15-16H,2-4,14H2,1H3. The van der Waals surface area contributed by atoms with Crippen LogP contribution in [0.5, 0.6) is 0 Å². The average Bonchev–Trinajstić information content (AvgIpc) is 2.30. The summed E-state index contributed by atoms with van der Waals surface area (Å²) in [5.74, 6) is -0.872. The maximum atomic E-state index is 13.7. The smallest absolute Gasteiger partial charge is 0.243 e. The van der Waals surface area contributed by atoms with Gasteiger partial charge in [-0.1, -0.05) is 0 Å². The number of nitrogen functional groups attached to an aromatic ring is 1. The second kappa shape index (κ2) is 6.65. The van der Waals surface area contributed by atoms with Gasteiger partial charge in [0.1, 0.15) is 10.7 Å². The van der Waals surface area contributed by atoms with Crippen LogP contribution in [0.25, 0.3) is 0 Å². The number of sulfonamides is 1. The summed E-state index contributed by atoms with van der Waals surface area (Å²) in [6, 6.07) is 1.68. The number of rotatable bonds is 6. The van der Waals surface area contributed by atoms with Crippen molar-refractivity contribution in [3.05, 3.63) is 22.4 Å². The summed E-state index contributed by atoms with van der Waals surface area (Å²) in [4.78, 5) is -0.482. The number of benzene rings is 1. The number of nitrogens with one attached hydrogen (secondary N) is 1. The highest BCUT2D eigenvalue weighted by atomic mass is 79.9. The maximum absolute atomic E-state index is 13.7. The summed E-state index contributed by atoms with van der Waals surface area (Å²) in [7, 11) is -3.97. The summed E-state index contributed by atoms with van der Waals surface area (Å²) >= 11 is 3.02. The Morgan fingerprint density at radius 3 is 2.74 bits per heavy atom. The van der Waals surface area contributed by atoms with E-state index in [0.717, 1.165) is 12.1 Å². The van der Waals surface area contributed by atoms with Gasteiger partial charge in [-0.05, 0) is 47.8 Å². The Bertz CT molecular complexity index is 551. The zero-order valence-corrected chi connectivity index (χ0v) is 12.8. The van der Waals surface area contributed by atoms with Gasteiger partial charge >= 0.3 is 0 Å². The largest absolute Gasteiger partial charge is 0.398 e. The minimum Gasteiger partial charge on any atom is -0.398 e. The Labute approximate surface area is 120 Å². The summed E-state index contributed by atoms with van der Waals surface area (Å²) in [6.07, 6.45) is 0.929. The van der Waals surface area contributed by atoms with Crippen LogP contribution in [0.15, 0.2) is 21.5 Å². The zero-order chi connectivity index (χ0) is 14.6. The lowest BCUT2D eigenvalue weighted by molar-refractivity contribution is 0.279. The lowest BCUT2D eigenvalue weighted by atomic mass is 10.2. The van der Waals surface area contributed by atoms with Crippen molar-refractivity contribution < 1.29 is 17.9 Å². The number of nitrogens with two attached hydrogens (primary N) is 1. The van der Waals surface area contributed by atoms with E-state index in [2.05, 4.69) is 20.7 Å². The first-order valence-electron chi connectivity index (χ1n) is 5.65. The minimum atomic E-state index is -3.97. The fourth-order valence-electron chi connectivity index (χ4n) is 1.54. The van der Waals surface area contributed by atoms with E-state index in [9.17, 15) is 12.8 Å². The van der Waals surface area contributed by atoms with Gasteiger partial charge in [0, 0.05) is 22.8 Å². The van der Waals surface area contributed by atoms with E-state index in [0.29, 0.717) is 17.3 Å². The molecule has 0 saturated carbocycles. The number of aliphatic hydroxyl groups is 1. The normalized spacial score (nSPS) is 13.5. The van der Waals surface area contributed by atoms with Crippen LogP contribution in [0.2, 0.25) is 0 Å². The van der Waals surface area contributed by atoms with Crippen LogP contribution >= 0.6 is 15.9 Å². The van der Waals surface area contributed by atoms with Crippen molar-refractivity contribution in [2.75, 3.05) is 12.3 Å². The Hall–Kier alpha value is -0.700. The quantitative estimate of drug-likeness (QED) is 0.676. The van der Waals surface area contributed by atoms with Crippen molar-refractivity contribution >= 4 is 31.6 Å². The van der Waals surface area contributed by atoms with Gasteiger partial charge in [0.15, 0.2) is 0 Å². The molecule has 5 nitrogen and oxygen atoms in total. The molecule has 19 heavy (non-hydrogen) atoms. The van der Waals surface area contributed by atoms with Gasteiger partial charge in [-0.25, -0.2) is 17.5 Å². The third kappa shape index (κ3) is 4.41. The monoisotopic (exact) mass is 354 g/mol. The first kappa shape index (κ1) is 16.4. The van der Waals surface area contributed by atoms with E-state index in [-0.39, 0.29) is 12.3 Å². The molecule has 0 amide bonds. The summed E-state index contributed by atoms with van der Waals surface area (Å²) in [5.41, 5.74) is 5.70. The molecule has 0 aliphatic rings. The molecule has 0 aliphatic heterocycles. The lowest BCUT2D eigenvalue weighted by Gasteiger charge is -2.14. The molecule has 1 aromatic carbocycles. The topological polar surface area (TPSA) is 92.4 Å². The third-order valence-electron chi connectivity index (χ3n) is 2.49. The summed E-state index contributed by atoms with van der Waals surface area (Å²) < 4.78 is 40.3. The average molecular weight is 355 g/mol. The van der Waals surface area contributed by atoms with Crippen molar-refractivity contribution in [2.45, 2.75) is 30.7 Å². The van der Waals surface area contributed by atoms with Crippen LogP contribution in [0.4, 0.5) is 10.1 Å². The summed E-state index contributed by atoms with van der Waals surface area (Å²) in [6.45, 7) is 1.62. The van der Waals surface area contributed by atoms with E-state index in [1.165, 1.54) is 0 Å². The van der Waals surface area contributed by atoms with Gasteiger partial charge in [0.05, 0.1) is 0 Å². The van der Waals surface area contributed by atoms with Crippen LogP contribution in [0.1, 0.15) is 19.8 Å². The minimum absolute atomic E-state index is 0.0222. The fraction of sp³-hybridized carbons (Fsp3) is 0.455. The molecule has 1 atom stereocenters. The highest BCUT2D eigenvalue weighted by Gasteiger charge is 2.22. The summed E-state index contributed by atoms with van der Waals surface area (Å²) in [5, 5.41) is 8.68. The zero-order valence-electron chi connectivity index (χ0n) is 10.4. The highest BCUT2D eigenvalue weighted by Crippen LogP contribution is 2.26. The lowest BCUT2D eigenvalue weighted by Crippen LogP contribution is -2.33. The van der Waals surface area contributed by atoms with Crippen molar-refractivity contribution in [2.24, 2.45) is 0 Å². The third-order valence-corrected chi connectivity index (χ3v) is 4.78.